The minimum atomic E-state index is -0.856. The van der Waals surface area contributed by atoms with E-state index in [1.807, 2.05) is 13.8 Å². The highest BCUT2D eigenvalue weighted by molar-refractivity contribution is 5.74. The van der Waals surface area contributed by atoms with Gasteiger partial charge >= 0.3 is 11.7 Å². The summed E-state index contributed by atoms with van der Waals surface area (Å²) < 4.78 is 4.95. The third kappa shape index (κ3) is 2.22. The lowest BCUT2D eigenvalue weighted by molar-refractivity contribution is -0.138. The highest BCUT2D eigenvalue weighted by atomic mass is 16.4. The first-order valence-corrected chi connectivity index (χ1v) is 5.24. The summed E-state index contributed by atoms with van der Waals surface area (Å²) in [5.41, 5.74) is 1.39. The molecule has 0 atom stereocenters. The number of hydrogen-bond donors (Lipinski definition) is 2. The van der Waals surface area contributed by atoms with Crippen molar-refractivity contribution < 1.29 is 14.3 Å². The molecule has 0 aliphatic carbocycles. The van der Waals surface area contributed by atoms with Gasteiger partial charge in [-0.15, -0.1) is 0 Å². The third-order valence-corrected chi connectivity index (χ3v) is 2.80. The van der Waals surface area contributed by atoms with E-state index in [9.17, 15) is 9.59 Å². The van der Waals surface area contributed by atoms with Gasteiger partial charge in [-0.3, -0.25) is 9.78 Å². The van der Waals surface area contributed by atoms with Gasteiger partial charge in [-0.05, 0) is 17.7 Å². The largest absolute Gasteiger partial charge is 0.481 e. The maximum Gasteiger partial charge on any atom is 0.417 e. The van der Waals surface area contributed by atoms with Crippen molar-refractivity contribution in [2.45, 2.75) is 25.7 Å². The molecule has 0 aliphatic rings. The molecule has 0 bridgehead atoms. The Labute approximate surface area is 97.1 Å². The fourth-order valence-electron chi connectivity index (χ4n) is 1.85. The summed E-state index contributed by atoms with van der Waals surface area (Å²) in [6, 6.07) is 5.23. The molecule has 1 aromatic heterocycles. The first kappa shape index (κ1) is 11.4. The quantitative estimate of drug-likeness (QED) is 0.850. The molecule has 0 fully saturated rings. The van der Waals surface area contributed by atoms with Crippen molar-refractivity contribution in [3.05, 3.63) is 34.3 Å². The number of oxazole rings is 1. The van der Waals surface area contributed by atoms with Crippen molar-refractivity contribution in [2.75, 3.05) is 0 Å². The SMILES string of the molecule is CC(C)(CC(=O)O)c1ccc2[nH]c(=O)oc2c1. The van der Waals surface area contributed by atoms with E-state index in [2.05, 4.69) is 4.98 Å². The number of nitrogens with one attached hydrogen (secondary N) is 1. The van der Waals surface area contributed by atoms with Crippen molar-refractivity contribution >= 4 is 17.1 Å². The Morgan fingerprint density at radius 1 is 1.47 bits per heavy atom. The van der Waals surface area contributed by atoms with Gasteiger partial charge in [0.2, 0.25) is 0 Å². The van der Waals surface area contributed by atoms with Crippen LogP contribution in [0.15, 0.2) is 27.4 Å². The zero-order valence-corrected chi connectivity index (χ0v) is 9.61. The molecule has 0 saturated heterocycles. The number of aromatic nitrogens is 1. The van der Waals surface area contributed by atoms with Crippen LogP contribution in [0.3, 0.4) is 0 Å². The van der Waals surface area contributed by atoms with Crippen LogP contribution in [0.25, 0.3) is 11.1 Å². The second kappa shape index (κ2) is 3.76. The second-order valence-corrected chi connectivity index (χ2v) is 4.68. The van der Waals surface area contributed by atoms with Gasteiger partial charge in [-0.1, -0.05) is 19.9 Å². The van der Waals surface area contributed by atoms with Gasteiger partial charge in [0.1, 0.15) is 0 Å². The monoisotopic (exact) mass is 235 g/mol. The minimum Gasteiger partial charge on any atom is -0.481 e. The molecule has 17 heavy (non-hydrogen) atoms. The molecular weight excluding hydrogens is 222 g/mol. The van der Waals surface area contributed by atoms with Crippen LogP contribution >= 0.6 is 0 Å². The summed E-state index contributed by atoms with van der Waals surface area (Å²) in [6.45, 7) is 3.68. The summed E-state index contributed by atoms with van der Waals surface area (Å²) in [4.78, 5) is 24.3. The van der Waals surface area contributed by atoms with E-state index >= 15 is 0 Å². The van der Waals surface area contributed by atoms with E-state index in [1.54, 1.807) is 18.2 Å². The molecule has 2 rings (SSSR count). The van der Waals surface area contributed by atoms with Gasteiger partial charge in [-0.25, -0.2) is 4.79 Å². The molecular formula is C12H13NO4. The van der Waals surface area contributed by atoms with E-state index in [1.165, 1.54) is 0 Å². The van der Waals surface area contributed by atoms with E-state index in [-0.39, 0.29) is 6.42 Å². The Balaban J connectivity index is 2.48. The summed E-state index contributed by atoms with van der Waals surface area (Å²) in [6.07, 6.45) is 0.0210. The maximum atomic E-state index is 11.0. The van der Waals surface area contributed by atoms with Crippen LogP contribution in [0.4, 0.5) is 0 Å². The number of fused-ring (bicyclic) bond motifs is 1. The van der Waals surface area contributed by atoms with Gasteiger partial charge in [0.25, 0.3) is 0 Å². The van der Waals surface area contributed by atoms with Crippen LogP contribution < -0.4 is 5.76 Å². The van der Waals surface area contributed by atoms with Gasteiger partial charge in [0.05, 0.1) is 11.9 Å². The molecule has 1 aromatic carbocycles. The van der Waals surface area contributed by atoms with Crippen LogP contribution in [0.5, 0.6) is 0 Å². The lowest BCUT2D eigenvalue weighted by Crippen LogP contribution is -2.21. The number of aromatic amines is 1. The van der Waals surface area contributed by atoms with Gasteiger partial charge in [0, 0.05) is 5.41 Å². The lowest BCUT2D eigenvalue weighted by atomic mass is 9.81. The number of carbonyl (C=O) groups is 1. The third-order valence-electron chi connectivity index (χ3n) is 2.80. The van der Waals surface area contributed by atoms with Crippen molar-refractivity contribution in [1.82, 2.24) is 4.98 Å². The minimum absolute atomic E-state index is 0.0210. The van der Waals surface area contributed by atoms with Gasteiger partial charge in [0.15, 0.2) is 5.58 Å². The molecule has 0 radical (unpaired) electrons. The lowest BCUT2D eigenvalue weighted by Gasteiger charge is -2.22. The van der Waals surface area contributed by atoms with Crippen molar-refractivity contribution in [3.8, 4) is 0 Å². The van der Waals surface area contributed by atoms with E-state index in [0.717, 1.165) is 5.56 Å². The second-order valence-electron chi connectivity index (χ2n) is 4.68. The average Bonchev–Trinajstić information content (AvgIpc) is 2.54. The first-order chi connectivity index (χ1) is 7.88. The molecule has 5 heteroatoms. The molecule has 2 N–H and O–H groups in total. The molecule has 0 aliphatic heterocycles. The molecule has 1 heterocycles. The van der Waals surface area contributed by atoms with Crippen LogP contribution in [-0.2, 0) is 10.2 Å². The zero-order valence-electron chi connectivity index (χ0n) is 9.61. The van der Waals surface area contributed by atoms with Crippen LogP contribution in [0, 0.1) is 0 Å². The van der Waals surface area contributed by atoms with Gasteiger partial charge in [-0.2, -0.15) is 0 Å². The van der Waals surface area contributed by atoms with Crippen molar-refractivity contribution in [1.29, 1.82) is 0 Å². The average molecular weight is 235 g/mol. The normalized spacial score (nSPS) is 11.9. The van der Waals surface area contributed by atoms with Crippen molar-refractivity contribution in [3.63, 3.8) is 0 Å². The highest BCUT2D eigenvalue weighted by Gasteiger charge is 2.24. The Kier molecular flexibility index (Phi) is 2.53. The van der Waals surface area contributed by atoms with E-state index < -0.39 is 17.1 Å². The van der Waals surface area contributed by atoms with E-state index in [0.29, 0.717) is 11.1 Å². The number of benzene rings is 1. The number of aliphatic carboxylic acids is 1. The van der Waals surface area contributed by atoms with Crippen molar-refractivity contribution in [2.24, 2.45) is 0 Å². The zero-order chi connectivity index (χ0) is 12.6. The Bertz CT molecular complexity index is 621. The number of hydrogen-bond acceptors (Lipinski definition) is 3. The number of H-pyrrole nitrogens is 1. The fourth-order valence-corrected chi connectivity index (χ4v) is 1.85. The molecule has 0 amide bonds. The van der Waals surface area contributed by atoms with Crippen LogP contribution in [0.2, 0.25) is 0 Å². The molecule has 0 unspecified atom stereocenters. The topological polar surface area (TPSA) is 83.3 Å². The summed E-state index contributed by atoms with van der Waals surface area (Å²) in [7, 11) is 0. The summed E-state index contributed by atoms with van der Waals surface area (Å²) >= 11 is 0. The van der Waals surface area contributed by atoms with Crippen LogP contribution in [0.1, 0.15) is 25.8 Å². The van der Waals surface area contributed by atoms with Crippen LogP contribution in [-0.4, -0.2) is 16.1 Å². The molecule has 5 nitrogen and oxygen atoms in total. The standard InChI is InChI=1S/C12H13NO4/c1-12(2,6-10(14)15)7-3-4-8-9(5-7)17-11(16)13-8/h3-5H,6H2,1-2H3,(H,13,16)(H,14,15). The van der Waals surface area contributed by atoms with Gasteiger partial charge < -0.3 is 9.52 Å². The summed E-state index contributed by atoms with van der Waals surface area (Å²) in [5, 5.41) is 8.85. The fraction of sp³-hybridized carbons (Fsp3) is 0.333. The first-order valence-electron chi connectivity index (χ1n) is 5.24. The Morgan fingerprint density at radius 2 is 2.18 bits per heavy atom. The summed E-state index contributed by atoms with van der Waals surface area (Å²) in [5.74, 6) is -1.36. The van der Waals surface area contributed by atoms with E-state index in [4.69, 9.17) is 9.52 Å². The maximum absolute atomic E-state index is 11.0. The number of carboxylic acid groups (broad SMARTS) is 1. The number of rotatable bonds is 3. The molecule has 90 valence electrons. The predicted molar refractivity (Wildman–Crippen MR) is 62.1 cm³/mol. The molecule has 0 spiro atoms. The Hall–Kier alpha value is -2.04. The molecule has 0 saturated carbocycles. The number of carboxylic acids is 1. The highest BCUT2D eigenvalue weighted by Crippen LogP contribution is 2.28. The Morgan fingerprint density at radius 3 is 2.82 bits per heavy atom. The molecule has 2 aromatic rings. The smallest absolute Gasteiger partial charge is 0.417 e. The predicted octanol–water partition coefficient (Wildman–Crippen LogP) is 1.87.